The number of carbonyl (C=O) groups excluding carboxylic acids is 1. The molecule has 2 aromatic rings. The average Bonchev–Trinajstić information content (AvgIpc) is 3.31. The summed E-state index contributed by atoms with van der Waals surface area (Å²) in [5, 5.41) is 4.61. The van der Waals surface area contributed by atoms with Gasteiger partial charge in [-0.25, -0.2) is 4.68 Å². The minimum Gasteiger partial charge on any atom is -0.342 e. The number of likely N-dealkylation sites (tertiary alicyclic amines) is 1. The summed E-state index contributed by atoms with van der Waals surface area (Å²) in [5.74, 6) is 0.466. The molecule has 1 aliphatic carbocycles. The third-order valence-electron chi connectivity index (χ3n) is 5.83. The molecule has 2 heterocycles. The topological polar surface area (TPSA) is 55.2 Å². The molecule has 5 heteroatoms. The normalized spacial score (nSPS) is 22.2. The van der Waals surface area contributed by atoms with Crippen LogP contribution in [0.5, 0.6) is 0 Å². The molecule has 1 saturated heterocycles. The van der Waals surface area contributed by atoms with Crippen LogP contribution in [0.1, 0.15) is 39.2 Å². The molecule has 0 bridgehead atoms. The Morgan fingerprint density at radius 1 is 1.08 bits per heavy atom. The Kier molecular flexibility index (Phi) is 4.17. The summed E-state index contributed by atoms with van der Waals surface area (Å²) in [6.07, 6.45) is 2.56. The van der Waals surface area contributed by atoms with E-state index in [9.17, 15) is 9.59 Å². The summed E-state index contributed by atoms with van der Waals surface area (Å²) in [4.78, 5) is 26.9. The van der Waals surface area contributed by atoms with Crippen LogP contribution in [0.2, 0.25) is 0 Å². The quantitative estimate of drug-likeness (QED) is 0.854. The van der Waals surface area contributed by atoms with Crippen LogP contribution in [-0.2, 0) is 4.79 Å². The van der Waals surface area contributed by atoms with Crippen LogP contribution in [0.25, 0.3) is 11.3 Å². The molecule has 1 amide bonds. The number of benzene rings is 1. The van der Waals surface area contributed by atoms with Crippen molar-refractivity contribution >= 4 is 5.91 Å². The molecule has 1 aromatic heterocycles. The summed E-state index contributed by atoms with van der Waals surface area (Å²) in [6, 6.07) is 13.3. The van der Waals surface area contributed by atoms with Crippen molar-refractivity contribution in [2.45, 2.75) is 39.2 Å². The van der Waals surface area contributed by atoms with Crippen LogP contribution in [0.4, 0.5) is 0 Å². The molecular weight excluding hydrogens is 326 g/mol. The Bertz CT molecular complexity index is 864. The number of hydrogen-bond acceptors (Lipinski definition) is 3. The van der Waals surface area contributed by atoms with Gasteiger partial charge in [-0.1, -0.05) is 44.2 Å². The van der Waals surface area contributed by atoms with Crippen molar-refractivity contribution < 1.29 is 4.79 Å². The lowest BCUT2D eigenvalue weighted by Gasteiger charge is -2.32. The zero-order valence-corrected chi connectivity index (χ0v) is 15.4. The molecule has 4 rings (SSSR count). The predicted molar refractivity (Wildman–Crippen MR) is 101 cm³/mol. The zero-order valence-electron chi connectivity index (χ0n) is 15.4. The summed E-state index contributed by atoms with van der Waals surface area (Å²) < 4.78 is 1.62. The molecule has 2 aliphatic rings. The van der Waals surface area contributed by atoms with Gasteiger partial charge in [0.15, 0.2) is 0 Å². The number of rotatable bonds is 3. The lowest BCUT2D eigenvalue weighted by Crippen LogP contribution is -2.42. The third-order valence-corrected chi connectivity index (χ3v) is 5.83. The highest BCUT2D eigenvalue weighted by atomic mass is 16.2. The molecule has 1 saturated carbocycles. The molecule has 136 valence electrons. The van der Waals surface area contributed by atoms with E-state index < -0.39 is 0 Å². The van der Waals surface area contributed by atoms with Crippen LogP contribution >= 0.6 is 0 Å². The highest BCUT2D eigenvalue weighted by molar-refractivity contribution is 5.82. The summed E-state index contributed by atoms with van der Waals surface area (Å²) >= 11 is 0. The Morgan fingerprint density at radius 2 is 1.73 bits per heavy atom. The Labute approximate surface area is 153 Å². The van der Waals surface area contributed by atoms with E-state index >= 15 is 0 Å². The molecule has 0 radical (unpaired) electrons. The van der Waals surface area contributed by atoms with Crippen molar-refractivity contribution in [1.29, 1.82) is 0 Å². The lowest BCUT2D eigenvalue weighted by atomic mass is 10.0. The van der Waals surface area contributed by atoms with E-state index in [1.54, 1.807) is 16.8 Å². The van der Waals surface area contributed by atoms with Crippen molar-refractivity contribution in [1.82, 2.24) is 14.7 Å². The second-order valence-corrected chi connectivity index (χ2v) is 8.17. The molecule has 1 unspecified atom stereocenters. The number of carbonyl (C=O) groups is 1. The number of aromatic nitrogens is 2. The van der Waals surface area contributed by atoms with Crippen molar-refractivity contribution in [2.24, 2.45) is 11.3 Å². The van der Waals surface area contributed by atoms with Gasteiger partial charge >= 0.3 is 0 Å². The van der Waals surface area contributed by atoms with Crippen LogP contribution in [0.3, 0.4) is 0 Å². The van der Waals surface area contributed by atoms with Gasteiger partial charge in [0.1, 0.15) is 0 Å². The maximum Gasteiger partial charge on any atom is 0.267 e. The lowest BCUT2D eigenvalue weighted by molar-refractivity contribution is -0.134. The predicted octanol–water partition coefficient (Wildman–Crippen LogP) is 3.12. The molecular formula is C21H25N3O2. The van der Waals surface area contributed by atoms with Gasteiger partial charge in [-0.05, 0) is 30.7 Å². The first-order valence-corrected chi connectivity index (χ1v) is 9.40. The fourth-order valence-electron chi connectivity index (χ4n) is 3.89. The van der Waals surface area contributed by atoms with Gasteiger partial charge in [-0.3, -0.25) is 9.59 Å². The van der Waals surface area contributed by atoms with Crippen LogP contribution in [-0.4, -0.2) is 33.7 Å². The summed E-state index contributed by atoms with van der Waals surface area (Å²) in [5.41, 5.74) is 1.90. The minimum atomic E-state index is -0.0715. The second-order valence-electron chi connectivity index (χ2n) is 8.17. The molecule has 1 aromatic carbocycles. The van der Waals surface area contributed by atoms with Gasteiger partial charge in [0.25, 0.3) is 5.56 Å². The minimum absolute atomic E-state index is 0.0578. The van der Waals surface area contributed by atoms with Gasteiger partial charge in [-0.2, -0.15) is 5.10 Å². The monoisotopic (exact) mass is 351 g/mol. The number of amides is 1. The average molecular weight is 351 g/mol. The molecule has 0 N–H and O–H groups in total. The highest BCUT2D eigenvalue weighted by Crippen LogP contribution is 2.52. The Balaban J connectivity index is 1.48. The maximum absolute atomic E-state index is 12.6. The third kappa shape index (κ3) is 3.18. The molecule has 26 heavy (non-hydrogen) atoms. The van der Waals surface area contributed by atoms with E-state index in [0.717, 1.165) is 30.5 Å². The van der Waals surface area contributed by atoms with E-state index in [-0.39, 0.29) is 28.8 Å². The molecule has 1 aliphatic heterocycles. The first-order valence-electron chi connectivity index (χ1n) is 9.40. The fraction of sp³-hybridized carbons (Fsp3) is 0.476. The summed E-state index contributed by atoms with van der Waals surface area (Å²) in [7, 11) is 0. The van der Waals surface area contributed by atoms with Crippen molar-refractivity contribution in [3.8, 4) is 11.3 Å². The van der Waals surface area contributed by atoms with Gasteiger partial charge < -0.3 is 4.90 Å². The first-order chi connectivity index (χ1) is 12.5. The number of hydrogen-bond donors (Lipinski definition) is 0. The van der Waals surface area contributed by atoms with Crippen LogP contribution < -0.4 is 5.56 Å². The summed E-state index contributed by atoms with van der Waals surface area (Å²) in [6.45, 7) is 5.72. The van der Waals surface area contributed by atoms with Gasteiger partial charge in [-0.15, -0.1) is 0 Å². The largest absolute Gasteiger partial charge is 0.342 e. The first kappa shape index (κ1) is 17.0. The van der Waals surface area contributed by atoms with E-state index in [1.165, 1.54) is 0 Å². The Morgan fingerprint density at radius 3 is 2.35 bits per heavy atom. The van der Waals surface area contributed by atoms with Gasteiger partial charge in [0.05, 0.1) is 11.7 Å². The Hall–Kier alpha value is -2.43. The molecule has 2 fully saturated rings. The van der Waals surface area contributed by atoms with E-state index in [0.29, 0.717) is 13.1 Å². The van der Waals surface area contributed by atoms with Gasteiger partial charge in [0.2, 0.25) is 5.91 Å². The van der Waals surface area contributed by atoms with Crippen LogP contribution in [0.15, 0.2) is 47.3 Å². The van der Waals surface area contributed by atoms with E-state index in [2.05, 4.69) is 18.9 Å². The smallest absolute Gasteiger partial charge is 0.267 e. The zero-order chi connectivity index (χ0) is 18.3. The standard InChI is InChI=1S/C21H25N3O2/c1-21(2)14-17(21)20(26)23-12-10-16(11-13-23)24-19(25)9-8-18(22-24)15-6-4-3-5-7-15/h3-9,16-17H,10-14H2,1-2H3. The van der Waals surface area contributed by atoms with Crippen molar-refractivity contribution in [2.75, 3.05) is 13.1 Å². The molecule has 5 nitrogen and oxygen atoms in total. The van der Waals surface area contributed by atoms with Crippen molar-refractivity contribution in [3.63, 3.8) is 0 Å². The second kappa shape index (κ2) is 6.38. The molecule has 1 atom stereocenters. The molecule has 0 spiro atoms. The van der Waals surface area contributed by atoms with Gasteiger partial charge in [0, 0.05) is 30.6 Å². The van der Waals surface area contributed by atoms with E-state index in [1.807, 2.05) is 35.2 Å². The van der Waals surface area contributed by atoms with Crippen molar-refractivity contribution in [3.05, 3.63) is 52.8 Å². The maximum atomic E-state index is 12.6. The van der Waals surface area contributed by atoms with Crippen LogP contribution in [0, 0.1) is 11.3 Å². The van der Waals surface area contributed by atoms with E-state index in [4.69, 9.17) is 0 Å². The number of piperidine rings is 1. The fourth-order valence-corrected chi connectivity index (χ4v) is 3.89. The SMILES string of the molecule is CC1(C)CC1C(=O)N1CCC(n2nc(-c3ccccc3)ccc2=O)CC1. The highest BCUT2D eigenvalue weighted by Gasteiger charge is 2.52. The number of nitrogens with zero attached hydrogens (tertiary/aromatic N) is 3.